The SMILES string of the molecule is CC(=O)Cc1cnc2c(c1)c(-c1ccncc1)nn2C. The Morgan fingerprint density at radius 1 is 1.30 bits per heavy atom. The lowest BCUT2D eigenvalue weighted by Gasteiger charge is -2.00. The van der Waals surface area contributed by atoms with E-state index in [1.807, 2.05) is 25.2 Å². The lowest BCUT2D eigenvalue weighted by atomic mass is 10.1. The summed E-state index contributed by atoms with van der Waals surface area (Å²) in [5.41, 5.74) is 3.58. The molecule has 20 heavy (non-hydrogen) atoms. The Hall–Kier alpha value is -2.56. The van der Waals surface area contributed by atoms with Gasteiger partial charge in [-0.3, -0.25) is 9.78 Å². The summed E-state index contributed by atoms with van der Waals surface area (Å²) in [6.07, 6.45) is 5.61. The van der Waals surface area contributed by atoms with Crippen molar-refractivity contribution >= 4 is 16.8 Å². The highest BCUT2D eigenvalue weighted by atomic mass is 16.1. The van der Waals surface area contributed by atoms with E-state index in [1.165, 1.54) is 0 Å². The van der Waals surface area contributed by atoms with Crippen molar-refractivity contribution in [2.24, 2.45) is 7.05 Å². The van der Waals surface area contributed by atoms with E-state index in [9.17, 15) is 4.79 Å². The van der Waals surface area contributed by atoms with Crippen molar-refractivity contribution < 1.29 is 4.79 Å². The summed E-state index contributed by atoms with van der Waals surface area (Å²) >= 11 is 0. The molecule has 0 N–H and O–H groups in total. The van der Waals surface area contributed by atoms with Gasteiger partial charge in [-0.25, -0.2) is 9.67 Å². The van der Waals surface area contributed by atoms with E-state index in [0.29, 0.717) is 6.42 Å². The van der Waals surface area contributed by atoms with Crippen LogP contribution >= 0.6 is 0 Å². The number of aryl methyl sites for hydroxylation is 1. The lowest BCUT2D eigenvalue weighted by Crippen LogP contribution is -1.97. The molecule has 0 bridgehead atoms. The predicted octanol–water partition coefficient (Wildman–Crippen LogP) is 2.16. The maximum absolute atomic E-state index is 11.3. The van der Waals surface area contributed by atoms with Crippen molar-refractivity contribution in [3.63, 3.8) is 0 Å². The molecule has 0 unspecified atom stereocenters. The predicted molar refractivity (Wildman–Crippen MR) is 76.1 cm³/mol. The van der Waals surface area contributed by atoms with Gasteiger partial charge in [0, 0.05) is 43.0 Å². The smallest absolute Gasteiger partial charge is 0.158 e. The monoisotopic (exact) mass is 266 g/mol. The molecule has 0 aliphatic heterocycles. The molecule has 3 heterocycles. The fourth-order valence-electron chi connectivity index (χ4n) is 2.29. The Bertz CT molecular complexity index is 777. The Labute approximate surface area is 116 Å². The van der Waals surface area contributed by atoms with Crippen LogP contribution in [0.4, 0.5) is 0 Å². The topological polar surface area (TPSA) is 60.7 Å². The minimum absolute atomic E-state index is 0.125. The second-order valence-corrected chi connectivity index (χ2v) is 4.80. The highest BCUT2D eigenvalue weighted by Gasteiger charge is 2.12. The minimum Gasteiger partial charge on any atom is -0.300 e. The van der Waals surface area contributed by atoms with Crippen molar-refractivity contribution in [2.75, 3.05) is 0 Å². The largest absolute Gasteiger partial charge is 0.300 e. The third-order valence-corrected chi connectivity index (χ3v) is 3.14. The molecule has 5 heteroatoms. The molecule has 3 aromatic heterocycles. The van der Waals surface area contributed by atoms with Crippen LogP contribution < -0.4 is 0 Å². The second kappa shape index (κ2) is 4.85. The number of aromatic nitrogens is 4. The number of hydrogen-bond donors (Lipinski definition) is 0. The summed E-state index contributed by atoms with van der Waals surface area (Å²) < 4.78 is 1.75. The van der Waals surface area contributed by atoms with Crippen LogP contribution in [0.15, 0.2) is 36.8 Å². The number of Topliss-reactive ketones (excluding diaryl/α,β-unsaturated/α-hetero) is 1. The van der Waals surface area contributed by atoms with E-state index in [-0.39, 0.29) is 5.78 Å². The Morgan fingerprint density at radius 2 is 2.05 bits per heavy atom. The molecule has 0 radical (unpaired) electrons. The van der Waals surface area contributed by atoms with Crippen LogP contribution in [0.1, 0.15) is 12.5 Å². The van der Waals surface area contributed by atoms with E-state index in [1.54, 1.807) is 30.2 Å². The molecule has 5 nitrogen and oxygen atoms in total. The average Bonchev–Trinajstić information content (AvgIpc) is 2.76. The molecule has 3 aromatic rings. The molecule has 0 fully saturated rings. The van der Waals surface area contributed by atoms with Gasteiger partial charge in [-0.1, -0.05) is 0 Å². The van der Waals surface area contributed by atoms with Gasteiger partial charge in [0.2, 0.25) is 0 Å². The molecule has 100 valence electrons. The molecule has 0 atom stereocenters. The molecule has 0 aliphatic rings. The molecule has 0 saturated heterocycles. The van der Waals surface area contributed by atoms with E-state index >= 15 is 0 Å². The van der Waals surface area contributed by atoms with Gasteiger partial charge in [0.1, 0.15) is 11.5 Å². The summed E-state index contributed by atoms with van der Waals surface area (Å²) in [5, 5.41) is 5.48. The van der Waals surface area contributed by atoms with Gasteiger partial charge in [-0.2, -0.15) is 5.10 Å². The molecular formula is C15H14N4O. The fourth-order valence-corrected chi connectivity index (χ4v) is 2.29. The van der Waals surface area contributed by atoms with Gasteiger partial charge in [0.25, 0.3) is 0 Å². The summed E-state index contributed by atoms with van der Waals surface area (Å²) in [6, 6.07) is 5.82. The summed E-state index contributed by atoms with van der Waals surface area (Å²) in [6.45, 7) is 1.58. The van der Waals surface area contributed by atoms with Crippen molar-refractivity contribution in [1.82, 2.24) is 19.7 Å². The van der Waals surface area contributed by atoms with Crippen LogP contribution in [0.3, 0.4) is 0 Å². The van der Waals surface area contributed by atoms with Crippen molar-refractivity contribution in [3.05, 3.63) is 42.4 Å². The van der Waals surface area contributed by atoms with Gasteiger partial charge in [-0.05, 0) is 30.7 Å². The number of pyridine rings is 2. The number of ketones is 1. The minimum atomic E-state index is 0.125. The first-order valence-corrected chi connectivity index (χ1v) is 6.36. The van der Waals surface area contributed by atoms with Crippen molar-refractivity contribution in [3.8, 4) is 11.3 Å². The number of carbonyl (C=O) groups excluding carboxylic acids is 1. The van der Waals surface area contributed by atoms with Gasteiger partial charge < -0.3 is 0 Å². The zero-order valence-electron chi connectivity index (χ0n) is 11.4. The molecule has 3 rings (SSSR count). The Balaban J connectivity index is 2.19. The van der Waals surface area contributed by atoms with E-state index in [2.05, 4.69) is 15.1 Å². The maximum Gasteiger partial charge on any atom is 0.158 e. The van der Waals surface area contributed by atoms with Crippen LogP contribution in [0.25, 0.3) is 22.3 Å². The zero-order valence-corrected chi connectivity index (χ0v) is 11.4. The molecule has 0 amide bonds. The van der Waals surface area contributed by atoms with E-state index < -0.39 is 0 Å². The van der Waals surface area contributed by atoms with Crippen LogP contribution in [0.5, 0.6) is 0 Å². The zero-order chi connectivity index (χ0) is 14.1. The number of hydrogen-bond acceptors (Lipinski definition) is 4. The van der Waals surface area contributed by atoms with Crippen LogP contribution in [-0.2, 0) is 18.3 Å². The Morgan fingerprint density at radius 3 is 2.75 bits per heavy atom. The number of carbonyl (C=O) groups is 1. The second-order valence-electron chi connectivity index (χ2n) is 4.80. The molecule has 0 spiro atoms. The molecule has 0 aromatic carbocycles. The number of nitrogens with zero attached hydrogens (tertiary/aromatic N) is 4. The van der Waals surface area contributed by atoms with E-state index in [0.717, 1.165) is 27.9 Å². The normalized spacial score (nSPS) is 10.9. The van der Waals surface area contributed by atoms with Crippen molar-refractivity contribution in [1.29, 1.82) is 0 Å². The fraction of sp³-hybridized carbons (Fsp3) is 0.200. The first-order chi connectivity index (χ1) is 9.65. The summed E-state index contributed by atoms with van der Waals surface area (Å²) in [7, 11) is 1.87. The number of fused-ring (bicyclic) bond motifs is 1. The molecule has 0 saturated carbocycles. The van der Waals surface area contributed by atoms with Gasteiger partial charge in [-0.15, -0.1) is 0 Å². The van der Waals surface area contributed by atoms with Crippen LogP contribution in [-0.4, -0.2) is 25.5 Å². The maximum atomic E-state index is 11.3. The average molecular weight is 266 g/mol. The van der Waals surface area contributed by atoms with Crippen molar-refractivity contribution in [2.45, 2.75) is 13.3 Å². The standard InChI is InChI=1S/C15H14N4O/c1-10(20)7-11-8-13-14(12-3-5-16-6-4-12)18-19(2)15(13)17-9-11/h3-6,8-9H,7H2,1-2H3. The van der Waals surface area contributed by atoms with Gasteiger partial charge >= 0.3 is 0 Å². The highest BCUT2D eigenvalue weighted by molar-refractivity contribution is 5.92. The highest BCUT2D eigenvalue weighted by Crippen LogP contribution is 2.26. The van der Waals surface area contributed by atoms with Gasteiger partial charge in [0.05, 0.1) is 0 Å². The first kappa shape index (κ1) is 12.5. The molecular weight excluding hydrogens is 252 g/mol. The lowest BCUT2D eigenvalue weighted by molar-refractivity contribution is -0.116. The van der Waals surface area contributed by atoms with Gasteiger partial charge in [0.15, 0.2) is 5.65 Å². The quantitative estimate of drug-likeness (QED) is 0.729. The first-order valence-electron chi connectivity index (χ1n) is 6.36. The van der Waals surface area contributed by atoms with E-state index in [4.69, 9.17) is 0 Å². The Kier molecular flexibility index (Phi) is 3.02. The summed E-state index contributed by atoms with van der Waals surface area (Å²) in [5.74, 6) is 0.125. The van der Waals surface area contributed by atoms with Crippen LogP contribution in [0, 0.1) is 0 Å². The summed E-state index contributed by atoms with van der Waals surface area (Å²) in [4.78, 5) is 19.7. The van der Waals surface area contributed by atoms with Crippen LogP contribution in [0.2, 0.25) is 0 Å². The third-order valence-electron chi connectivity index (χ3n) is 3.14. The molecule has 0 aliphatic carbocycles. The number of rotatable bonds is 3. The third kappa shape index (κ3) is 2.18.